The van der Waals surface area contributed by atoms with Gasteiger partial charge in [0.1, 0.15) is 5.75 Å². The molecule has 168 valence electrons. The zero-order valence-corrected chi connectivity index (χ0v) is 18.3. The van der Waals surface area contributed by atoms with Crippen LogP contribution in [0.4, 0.5) is 0 Å². The zero-order chi connectivity index (χ0) is 22.6. The van der Waals surface area contributed by atoms with Crippen molar-refractivity contribution in [3.8, 4) is 28.7 Å². The Kier molecular flexibility index (Phi) is 5.84. The molecular formula is C24H24N6O3. The molecule has 2 aromatic heterocycles. The van der Waals surface area contributed by atoms with Crippen LogP contribution in [0.1, 0.15) is 36.2 Å². The van der Waals surface area contributed by atoms with E-state index in [1.165, 1.54) is 0 Å². The fraction of sp³-hybridized carbons (Fsp3) is 0.292. The van der Waals surface area contributed by atoms with Crippen molar-refractivity contribution in [2.75, 3.05) is 19.7 Å². The molecule has 2 aromatic carbocycles. The van der Waals surface area contributed by atoms with Gasteiger partial charge in [0, 0.05) is 24.2 Å². The smallest absolute Gasteiger partial charge is 0.280 e. The molecule has 0 spiro atoms. The largest absolute Gasteiger partial charge is 0.494 e. The molecule has 1 aliphatic heterocycles. The minimum atomic E-state index is 0.0371. The summed E-state index contributed by atoms with van der Waals surface area (Å²) in [6.45, 7) is 3.85. The fourth-order valence-corrected chi connectivity index (χ4v) is 3.96. The highest BCUT2D eigenvalue weighted by molar-refractivity contribution is 5.94. The number of benzene rings is 2. The van der Waals surface area contributed by atoms with E-state index in [1.807, 2.05) is 77.3 Å². The van der Waals surface area contributed by atoms with Crippen LogP contribution < -0.4 is 4.74 Å². The van der Waals surface area contributed by atoms with Crippen LogP contribution in [0.25, 0.3) is 23.0 Å². The zero-order valence-electron chi connectivity index (χ0n) is 18.3. The van der Waals surface area contributed by atoms with Gasteiger partial charge < -0.3 is 14.2 Å². The average molecular weight is 444 g/mol. The van der Waals surface area contributed by atoms with Crippen molar-refractivity contribution in [1.82, 2.24) is 30.0 Å². The van der Waals surface area contributed by atoms with Crippen LogP contribution in [0, 0.1) is 0 Å². The number of amides is 1. The standard InChI is InChI=1S/C24H24N6O3/c1-2-32-20-10-8-18(9-11-20)24(31)29-14-12-19(13-15-29)30-16-21(26-28-30)23-25-22(27-33-23)17-6-4-3-5-7-17/h3-11,16,19H,2,12-15H2,1H3. The Balaban J connectivity index is 1.21. The van der Waals surface area contributed by atoms with Crippen LogP contribution in [-0.2, 0) is 0 Å². The highest BCUT2D eigenvalue weighted by Gasteiger charge is 2.26. The Morgan fingerprint density at radius 1 is 1.09 bits per heavy atom. The number of nitrogens with zero attached hydrogens (tertiary/aromatic N) is 6. The van der Waals surface area contributed by atoms with E-state index in [0.29, 0.717) is 42.7 Å². The summed E-state index contributed by atoms with van der Waals surface area (Å²) in [5, 5.41) is 12.5. The SMILES string of the molecule is CCOc1ccc(C(=O)N2CCC(n3cc(-c4nc(-c5ccccc5)no4)nn3)CC2)cc1. The monoisotopic (exact) mass is 444 g/mol. The topological polar surface area (TPSA) is 99.2 Å². The molecule has 0 unspecified atom stereocenters. The molecule has 0 atom stereocenters. The second-order valence-electron chi connectivity index (χ2n) is 7.85. The number of likely N-dealkylation sites (tertiary alicyclic amines) is 1. The summed E-state index contributed by atoms with van der Waals surface area (Å²) in [5.41, 5.74) is 2.09. The molecule has 1 aliphatic rings. The molecular weight excluding hydrogens is 420 g/mol. The van der Waals surface area contributed by atoms with Gasteiger partial charge in [0.25, 0.3) is 11.8 Å². The van der Waals surface area contributed by atoms with Gasteiger partial charge in [0.05, 0.1) is 18.8 Å². The summed E-state index contributed by atoms with van der Waals surface area (Å²) >= 11 is 0. The number of carbonyl (C=O) groups excluding carboxylic acids is 1. The van der Waals surface area contributed by atoms with Crippen molar-refractivity contribution < 1.29 is 14.1 Å². The molecule has 0 bridgehead atoms. The number of rotatable bonds is 6. The maximum absolute atomic E-state index is 12.8. The first-order valence-corrected chi connectivity index (χ1v) is 11.0. The van der Waals surface area contributed by atoms with Crippen LogP contribution in [0.2, 0.25) is 0 Å². The van der Waals surface area contributed by atoms with E-state index in [9.17, 15) is 4.79 Å². The van der Waals surface area contributed by atoms with Gasteiger partial charge in [-0.3, -0.25) is 4.79 Å². The van der Waals surface area contributed by atoms with E-state index < -0.39 is 0 Å². The Morgan fingerprint density at radius 3 is 2.58 bits per heavy atom. The van der Waals surface area contributed by atoms with E-state index in [1.54, 1.807) is 0 Å². The summed E-state index contributed by atoms with van der Waals surface area (Å²) < 4.78 is 12.7. The van der Waals surface area contributed by atoms with Crippen molar-refractivity contribution >= 4 is 5.91 Å². The molecule has 3 heterocycles. The predicted molar refractivity (Wildman–Crippen MR) is 121 cm³/mol. The lowest BCUT2D eigenvalue weighted by atomic mass is 10.0. The number of ether oxygens (including phenoxy) is 1. The van der Waals surface area contributed by atoms with Gasteiger partial charge in [-0.25, -0.2) is 4.68 Å². The summed E-state index contributed by atoms with van der Waals surface area (Å²) in [6, 6.07) is 17.1. The van der Waals surface area contributed by atoms with Gasteiger partial charge in [0.15, 0.2) is 5.69 Å². The molecule has 1 fully saturated rings. The second kappa shape index (κ2) is 9.23. The third-order valence-electron chi connectivity index (χ3n) is 5.73. The molecule has 0 saturated carbocycles. The van der Waals surface area contributed by atoms with Gasteiger partial charge in [0.2, 0.25) is 5.82 Å². The molecule has 9 nitrogen and oxygen atoms in total. The average Bonchev–Trinajstić information content (AvgIpc) is 3.55. The molecule has 0 radical (unpaired) electrons. The Hall–Kier alpha value is -4.01. The van der Waals surface area contributed by atoms with E-state index in [4.69, 9.17) is 9.26 Å². The van der Waals surface area contributed by atoms with E-state index in [-0.39, 0.29) is 11.9 Å². The van der Waals surface area contributed by atoms with Crippen LogP contribution >= 0.6 is 0 Å². The molecule has 0 aliphatic carbocycles. The first kappa shape index (κ1) is 20.9. The summed E-state index contributed by atoms with van der Waals surface area (Å²) in [6.07, 6.45) is 3.42. The number of hydrogen-bond donors (Lipinski definition) is 0. The lowest BCUT2D eigenvalue weighted by molar-refractivity contribution is 0.0689. The predicted octanol–water partition coefficient (Wildman–Crippen LogP) is 3.87. The van der Waals surface area contributed by atoms with Crippen molar-refractivity contribution in [2.45, 2.75) is 25.8 Å². The van der Waals surface area contributed by atoms with Gasteiger partial charge in [-0.15, -0.1) is 5.10 Å². The van der Waals surface area contributed by atoms with Gasteiger partial charge in [-0.05, 0) is 44.0 Å². The maximum Gasteiger partial charge on any atom is 0.280 e. The highest BCUT2D eigenvalue weighted by Crippen LogP contribution is 2.26. The van der Waals surface area contributed by atoms with Crippen molar-refractivity contribution in [1.29, 1.82) is 0 Å². The first-order chi connectivity index (χ1) is 16.2. The number of aromatic nitrogens is 5. The van der Waals surface area contributed by atoms with E-state index in [2.05, 4.69) is 20.5 Å². The van der Waals surface area contributed by atoms with E-state index in [0.717, 1.165) is 24.2 Å². The molecule has 9 heteroatoms. The molecule has 33 heavy (non-hydrogen) atoms. The lowest BCUT2D eigenvalue weighted by Crippen LogP contribution is -2.39. The van der Waals surface area contributed by atoms with Crippen molar-refractivity contribution in [2.24, 2.45) is 0 Å². The lowest BCUT2D eigenvalue weighted by Gasteiger charge is -2.31. The highest BCUT2D eigenvalue weighted by atomic mass is 16.5. The van der Waals surface area contributed by atoms with Gasteiger partial charge >= 0.3 is 0 Å². The third kappa shape index (κ3) is 4.48. The Bertz CT molecular complexity index is 1210. The molecule has 4 aromatic rings. The first-order valence-electron chi connectivity index (χ1n) is 11.0. The van der Waals surface area contributed by atoms with Crippen LogP contribution in [-0.4, -0.2) is 55.6 Å². The Labute approximate surface area is 191 Å². The quantitative estimate of drug-likeness (QED) is 0.445. The van der Waals surface area contributed by atoms with Crippen molar-refractivity contribution in [3.63, 3.8) is 0 Å². The number of piperidine rings is 1. The van der Waals surface area contributed by atoms with Crippen LogP contribution in [0.3, 0.4) is 0 Å². The van der Waals surface area contributed by atoms with Crippen molar-refractivity contribution in [3.05, 3.63) is 66.4 Å². The van der Waals surface area contributed by atoms with Gasteiger partial charge in [-0.2, -0.15) is 4.98 Å². The Morgan fingerprint density at radius 2 is 1.85 bits per heavy atom. The summed E-state index contributed by atoms with van der Waals surface area (Å²) in [7, 11) is 0. The maximum atomic E-state index is 12.8. The minimum absolute atomic E-state index is 0.0371. The van der Waals surface area contributed by atoms with Crippen LogP contribution in [0.5, 0.6) is 5.75 Å². The molecule has 1 saturated heterocycles. The number of hydrogen-bond acceptors (Lipinski definition) is 7. The number of carbonyl (C=O) groups is 1. The van der Waals surface area contributed by atoms with E-state index >= 15 is 0 Å². The summed E-state index contributed by atoms with van der Waals surface area (Å²) in [5.74, 6) is 1.66. The van der Waals surface area contributed by atoms with Crippen LogP contribution in [0.15, 0.2) is 65.3 Å². The fourth-order valence-electron chi connectivity index (χ4n) is 3.96. The molecule has 5 rings (SSSR count). The summed E-state index contributed by atoms with van der Waals surface area (Å²) in [4.78, 5) is 19.2. The normalized spacial score (nSPS) is 14.4. The third-order valence-corrected chi connectivity index (χ3v) is 5.73. The minimum Gasteiger partial charge on any atom is -0.494 e. The second-order valence-corrected chi connectivity index (χ2v) is 7.85. The molecule has 0 N–H and O–H groups in total. The van der Waals surface area contributed by atoms with Gasteiger partial charge in [-0.1, -0.05) is 40.7 Å². The molecule has 1 amide bonds.